The van der Waals surface area contributed by atoms with Gasteiger partial charge in [-0.15, -0.1) is 11.3 Å². The van der Waals surface area contributed by atoms with Crippen molar-refractivity contribution >= 4 is 22.4 Å². The Kier molecular flexibility index (Phi) is 3.24. The van der Waals surface area contributed by atoms with Gasteiger partial charge in [-0.1, -0.05) is 0 Å². The Bertz CT molecular complexity index is 522. The second-order valence-corrected chi connectivity index (χ2v) is 4.24. The third kappa shape index (κ3) is 2.94. The lowest BCUT2D eigenvalue weighted by Crippen LogP contribution is -2.10. The molecule has 17 heavy (non-hydrogen) atoms. The van der Waals surface area contributed by atoms with Crippen LogP contribution in [0.3, 0.4) is 0 Å². The maximum absolute atomic E-state index is 10.9. The monoisotopic (exact) mass is 249 g/mol. The average molecular weight is 249 g/mol. The predicted molar refractivity (Wildman–Crippen MR) is 65.8 cm³/mol. The van der Waals surface area contributed by atoms with Gasteiger partial charge in [-0.2, -0.15) is 0 Å². The summed E-state index contributed by atoms with van der Waals surface area (Å²) in [5.41, 5.74) is 11.9. The number of nitrogens with two attached hydrogens (primary N) is 2. The van der Waals surface area contributed by atoms with E-state index < -0.39 is 5.91 Å². The van der Waals surface area contributed by atoms with Gasteiger partial charge in [0.2, 0.25) is 5.91 Å². The van der Waals surface area contributed by atoms with E-state index in [1.165, 1.54) is 11.3 Å². The van der Waals surface area contributed by atoms with E-state index in [0.29, 0.717) is 23.1 Å². The molecule has 0 unspecified atom stereocenters. The number of nitrogens with zero attached hydrogens (tertiary/aromatic N) is 1. The van der Waals surface area contributed by atoms with Crippen LogP contribution in [0.25, 0.3) is 0 Å². The zero-order valence-electron chi connectivity index (χ0n) is 8.92. The highest BCUT2D eigenvalue weighted by atomic mass is 32.1. The maximum Gasteiger partial charge on any atom is 0.248 e. The van der Waals surface area contributed by atoms with Gasteiger partial charge in [0.05, 0.1) is 5.69 Å². The van der Waals surface area contributed by atoms with Crippen LogP contribution in [0.4, 0.5) is 5.13 Å². The summed E-state index contributed by atoms with van der Waals surface area (Å²) >= 11 is 1.37. The third-order valence-electron chi connectivity index (χ3n) is 2.10. The summed E-state index contributed by atoms with van der Waals surface area (Å²) in [6.07, 6.45) is 0. The standard InChI is InChI=1S/C11H11N3O2S/c12-10(15)7-1-3-9(4-2-7)16-5-8-6-17-11(13)14-8/h1-4,6H,5H2,(H2,12,15)(H2,13,14). The van der Waals surface area contributed by atoms with Crippen molar-refractivity contribution in [3.05, 3.63) is 40.9 Å². The van der Waals surface area contributed by atoms with E-state index in [9.17, 15) is 4.79 Å². The van der Waals surface area contributed by atoms with Crippen molar-refractivity contribution in [3.8, 4) is 5.75 Å². The number of carbonyl (C=O) groups is 1. The summed E-state index contributed by atoms with van der Waals surface area (Å²) in [6, 6.07) is 6.62. The Balaban J connectivity index is 1.97. The smallest absolute Gasteiger partial charge is 0.248 e. The normalized spacial score (nSPS) is 10.1. The minimum absolute atomic E-state index is 0.351. The van der Waals surface area contributed by atoms with Crippen LogP contribution >= 0.6 is 11.3 Å². The molecule has 1 aromatic carbocycles. The van der Waals surface area contributed by atoms with E-state index in [2.05, 4.69) is 4.98 Å². The van der Waals surface area contributed by atoms with Crippen molar-refractivity contribution < 1.29 is 9.53 Å². The molecular formula is C11H11N3O2S. The largest absolute Gasteiger partial charge is 0.487 e. The van der Waals surface area contributed by atoms with E-state index in [-0.39, 0.29) is 0 Å². The number of ether oxygens (including phenoxy) is 1. The SMILES string of the molecule is NC(=O)c1ccc(OCc2csc(N)n2)cc1. The molecule has 1 amide bonds. The third-order valence-corrected chi connectivity index (χ3v) is 2.82. The predicted octanol–water partition coefficient (Wildman–Crippen LogP) is 1.40. The number of amides is 1. The van der Waals surface area contributed by atoms with Crippen molar-refractivity contribution in [1.82, 2.24) is 4.98 Å². The highest BCUT2D eigenvalue weighted by Gasteiger charge is 2.02. The van der Waals surface area contributed by atoms with Crippen LogP contribution in [0.15, 0.2) is 29.6 Å². The van der Waals surface area contributed by atoms with Gasteiger partial charge in [0.25, 0.3) is 0 Å². The molecule has 0 saturated carbocycles. The van der Waals surface area contributed by atoms with Crippen molar-refractivity contribution in [2.45, 2.75) is 6.61 Å². The first-order valence-corrected chi connectivity index (χ1v) is 5.75. The molecule has 0 atom stereocenters. The minimum Gasteiger partial charge on any atom is -0.487 e. The molecule has 0 aliphatic rings. The number of hydrogen-bond acceptors (Lipinski definition) is 5. The molecule has 88 valence electrons. The zero-order chi connectivity index (χ0) is 12.3. The lowest BCUT2D eigenvalue weighted by atomic mass is 10.2. The van der Waals surface area contributed by atoms with Gasteiger partial charge in [-0.25, -0.2) is 4.98 Å². The van der Waals surface area contributed by atoms with Crippen LogP contribution in [0.2, 0.25) is 0 Å². The first-order chi connectivity index (χ1) is 8.15. The van der Waals surface area contributed by atoms with Gasteiger partial charge in [0, 0.05) is 10.9 Å². The first kappa shape index (κ1) is 11.4. The molecule has 0 spiro atoms. The Hall–Kier alpha value is -2.08. The lowest BCUT2D eigenvalue weighted by Gasteiger charge is -2.04. The fourth-order valence-electron chi connectivity index (χ4n) is 1.26. The molecule has 2 aromatic rings. The van der Waals surface area contributed by atoms with Crippen molar-refractivity contribution in [1.29, 1.82) is 0 Å². The van der Waals surface area contributed by atoms with Crippen LogP contribution in [0, 0.1) is 0 Å². The molecule has 0 bridgehead atoms. The molecule has 6 heteroatoms. The summed E-state index contributed by atoms with van der Waals surface area (Å²) in [7, 11) is 0. The molecule has 2 rings (SSSR count). The van der Waals surface area contributed by atoms with Crippen molar-refractivity contribution in [2.24, 2.45) is 5.73 Å². The Morgan fingerprint density at radius 3 is 2.59 bits per heavy atom. The van der Waals surface area contributed by atoms with Gasteiger partial charge < -0.3 is 16.2 Å². The summed E-state index contributed by atoms with van der Waals surface area (Å²) in [5, 5.41) is 2.36. The number of rotatable bonds is 4. The summed E-state index contributed by atoms with van der Waals surface area (Å²) < 4.78 is 5.48. The second kappa shape index (κ2) is 4.84. The molecule has 5 nitrogen and oxygen atoms in total. The topological polar surface area (TPSA) is 91.2 Å². The van der Waals surface area contributed by atoms with Gasteiger partial charge >= 0.3 is 0 Å². The molecule has 1 heterocycles. The number of hydrogen-bond donors (Lipinski definition) is 2. The van der Waals surface area contributed by atoms with E-state index in [0.717, 1.165) is 5.69 Å². The molecule has 0 fully saturated rings. The van der Waals surface area contributed by atoms with E-state index in [1.54, 1.807) is 24.3 Å². The molecule has 0 aliphatic carbocycles. The van der Waals surface area contributed by atoms with Crippen LogP contribution < -0.4 is 16.2 Å². The molecule has 0 radical (unpaired) electrons. The van der Waals surface area contributed by atoms with E-state index in [4.69, 9.17) is 16.2 Å². The fraction of sp³-hybridized carbons (Fsp3) is 0.0909. The van der Waals surface area contributed by atoms with Crippen LogP contribution in [-0.4, -0.2) is 10.9 Å². The lowest BCUT2D eigenvalue weighted by molar-refractivity contribution is 0.100. The number of benzene rings is 1. The van der Waals surface area contributed by atoms with Gasteiger partial charge in [0.15, 0.2) is 5.13 Å². The summed E-state index contributed by atoms with van der Waals surface area (Å²) in [5.74, 6) is 0.199. The Morgan fingerprint density at radius 2 is 2.06 bits per heavy atom. The number of anilines is 1. The number of aromatic nitrogens is 1. The maximum atomic E-state index is 10.9. The summed E-state index contributed by atoms with van der Waals surface area (Å²) in [4.78, 5) is 14.9. The Morgan fingerprint density at radius 1 is 1.35 bits per heavy atom. The average Bonchev–Trinajstić information content (AvgIpc) is 2.73. The molecule has 4 N–H and O–H groups in total. The van der Waals surface area contributed by atoms with Crippen molar-refractivity contribution in [3.63, 3.8) is 0 Å². The minimum atomic E-state index is -0.455. The van der Waals surface area contributed by atoms with Gasteiger partial charge in [-0.3, -0.25) is 4.79 Å². The number of nitrogen functional groups attached to an aromatic ring is 1. The first-order valence-electron chi connectivity index (χ1n) is 4.87. The second-order valence-electron chi connectivity index (χ2n) is 3.35. The summed E-state index contributed by atoms with van der Waals surface area (Å²) in [6.45, 7) is 0.351. The number of carbonyl (C=O) groups excluding carboxylic acids is 1. The van der Waals surface area contributed by atoms with E-state index >= 15 is 0 Å². The van der Waals surface area contributed by atoms with Crippen molar-refractivity contribution in [2.75, 3.05) is 5.73 Å². The number of thiazole rings is 1. The highest BCUT2D eigenvalue weighted by molar-refractivity contribution is 7.13. The zero-order valence-corrected chi connectivity index (χ0v) is 9.74. The Labute approximate surface area is 102 Å². The fourth-order valence-corrected chi connectivity index (χ4v) is 1.81. The molecule has 0 saturated heterocycles. The van der Waals surface area contributed by atoms with Gasteiger partial charge in [0.1, 0.15) is 12.4 Å². The quantitative estimate of drug-likeness (QED) is 0.856. The highest BCUT2D eigenvalue weighted by Crippen LogP contribution is 2.16. The van der Waals surface area contributed by atoms with Crippen LogP contribution in [-0.2, 0) is 6.61 Å². The van der Waals surface area contributed by atoms with Crippen LogP contribution in [0.1, 0.15) is 16.1 Å². The molecule has 1 aromatic heterocycles. The van der Waals surface area contributed by atoms with Crippen LogP contribution in [0.5, 0.6) is 5.75 Å². The number of primary amides is 1. The van der Waals surface area contributed by atoms with Gasteiger partial charge in [-0.05, 0) is 24.3 Å². The van der Waals surface area contributed by atoms with E-state index in [1.807, 2.05) is 5.38 Å². The molecular weight excluding hydrogens is 238 g/mol. The molecule has 0 aliphatic heterocycles.